The van der Waals surface area contributed by atoms with Crippen molar-refractivity contribution >= 4 is 0 Å². The van der Waals surface area contributed by atoms with E-state index in [1.807, 2.05) is 0 Å². The van der Waals surface area contributed by atoms with Crippen LogP contribution in [0.4, 0.5) is 4.39 Å². The fourth-order valence-corrected chi connectivity index (χ4v) is 2.32. The second kappa shape index (κ2) is 5.96. The van der Waals surface area contributed by atoms with Crippen LogP contribution in [0.2, 0.25) is 0 Å². The lowest BCUT2D eigenvalue weighted by molar-refractivity contribution is 0.469. The average molecular weight is 273 g/mol. The van der Waals surface area contributed by atoms with Gasteiger partial charge in [-0.05, 0) is 31.5 Å². The van der Waals surface area contributed by atoms with Crippen LogP contribution in [0.15, 0.2) is 36.7 Å². The van der Waals surface area contributed by atoms with E-state index < -0.39 is 0 Å². The molecule has 0 radical (unpaired) electrons. The van der Waals surface area contributed by atoms with Crippen LogP contribution >= 0.6 is 0 Å². The maximum absolute atomic E-state index is 13.0. The molecule has 0 spiro atoms. The number of nitrogens with zero attached hydrogens (tertiary/aromatic N) is 2. The Kier molecular flexibility index (Phi) is 3.87. The topological polar surface area (TPSA) is 47.0 Å². The van der Waals surface area contributed by atoms with Crippen molar-refractivity contribution in [3.8, 4) is 11.5 Å². The van der Waals surface area contributed by atoms with Crippen molar-refractivity contribution in [2.24, 2.45) is 0 Å². The van der Waals surface area contributed by atoms with Crippen LogP contribution in [0.25, 0.3) is 0 Å². The second-order valence-corrected chi connectivity index (χ2v) is 4.89. The van der Waals surface area contributed by atoms with Crippen molar-refractivity contribution < 1.29 is 9.13 Å². The van der Waals surface area contributed by atoms with E-state index >= 15 is 0 Å². The molecule has 1 atom stereocenters. The SMILES string of the molecule is Fc1cccc(Oc2cnc(CC3CCCN3)nc2)c1. The monoisotopic (exact) mass is 273 g/mol. The minimum absolute atomic E-state index is 0.327. The van der Waals surface area contributed by atoms with Crippen molar-refractivity contribution in [1.29, 1.82) is 0 Å². The average Bonchev–Trinajstić information content (AvgIpc) is 2.94. The largest absolute Gasteiger partial charge is 0.454 e. The highest BCUT2D eigenvalue weighted by Crippen LogP contribution is 2.20. The normalized spacial score (nSPS) is 18.1. The zero-order chi connectivity index (χ0) is 13.8. The van der Waals surface area contributed by atoms with Crippen molar-refractivity contribution in [3.05, 3.63) is 48.3 Å². The van der Waals surface area contributed by atoms with Crippen molar-refractivity contribution in [1.82, 2.24) is 15.3 Å². The van der Waals surface area contributed by atoms with Gasteiger partial charge in [-0.3, -0.25) is 0 Å². The molecule has 0 amide bonds. The number of aromatic nitrogens is 2. The molecule has 1 saturated heterocycles. The molecule has 1 unspecified atom stereocenters. The maximum atomic E-state index is 13.0. The molecule has 4 nitrogen and oxygen atoms in total. The third-order valence-electron chi connectivity index (χ3n) is 3.30. The molecule has 0 aliphatic carbocycles. The van der Waals surface area contributed by atoms with Crippen LogP contribution < -0.4 is 10.1 Å². The zero-order valence-electron chi connectivity index (χ0n) is 11.1. The van der Waals surface area contributed by atoms with Gasteiger partial charge in [0.15, 0.2) is 5.75 Å². The van der Waals surface area contributed by atoms with Crippen molar-refractivity contribution in [3.63, 3.8) is 0 Å². The molecule has 2 aromatic rings. The third kappa shape index (κ3) is 3.30. The Morgan fingerprint density at radius 3 is 2.80 bits per heavy atom. The molecule has 1 aliphatic heterocycles. The molecular formula is C15H16FN3O. The number of rotatable bonds is 4. The van der Waals surface area contributed by atoms with Crippen LogP contribution in [0, 0.1) is 5.82 Å². The van der Waals surface area contributed by atoms with Gasteiger partial charge in [0.2, 0.25) is 0 Å². The summed E-state index contributed by atoms with van der Waals surface area (Å²) in [6, 6.07) is 6.48. The molecule has 5 heteroatoms. The minimum Gasteiger partial charge on any atom is -0.454 e. The van der Waals surface area contributed by atoms with Crippen molar-refractivity contribution in [2.75, 3.05) is 6.54 Å². The molecule has 3 rings (SSSR count). The molecule has 1 N–H and O–H groups in total. The van der Waals surface area contributed by atoms with Gasteiger partial charge in [0.1, 0.15) is 17.4 Å². The fraction of sp³-hybridized carbons (Fsp3) is 0.333. The lowest BCUT2D eigenvalue weighted by Gasteiger charge is -2.09. The molecule has 20 heavy (non-hydrogen) atoms. The van der Waals surface area contributed by atoms with Crippen LogP contribution in [-0.2, 0) is 6.42 Å². The summed E-state index contributed by atoms with van der Waals surface area (Å²) in [6.45, 7) is 1.07. The van der Waals surface area contributed by atoms with Crippen LogP contribution in [0.3, 0.4) is 0 Å². The predicted octanol–water partition coefficient (Wildman–Crippen LogP) is 2.70. The Bertz CT molecular complexity index is 568. The van der Waals surface area contributed by atoms with Gasteiger partial charge in [-0.1, -0.05) is 6.07 Å². The number of benzene rings is 1. The van der Waals surface area contributed by atoms with Gasteiger partial charge < -0.3 is 10.1 Å². The summed E-state index contributed by atoms with van der Waals surface area (Å²) in [5, 5.41) is 3.41. The van der Waals surface area contributed by atoms with Crippen LogP contribution in [-0.4, -0.2) is 22.6 Å². The van der Waals surface area contributed by atoms with E-state index in [-0.39, 0.29) is 5.82 Å². The van der Waals surface area contributed by atoms with E-state index in [0.717, 1.165) is 18.8 Å². The highest BCUT2D eigenvalue weighted by molar-refractivity contribution is 5.28. The molecule has 104 valence electrons. The lowest BCUT2D eigenvalue weighted by atomic mass is 10.1. The van der Waals surface area contributed by atoms with Gasteiger partial charge in [0.05, 0.1) is 12.4 Å². The number of ether oxygens (including phenoxy) is 1. The van der Waals surface area contributed by atoms with E-state index in [0.29, 0.717) is 17.5 Å². The first-order chi connectivity index (χ1) is 9.79. The quantitative estimate of drug-likeness (QED) is 0.930. The predicted molar refractivity (Wildman–Crippen MR) is 73.2 cm³/mol. The van der Waals surface area contributed by atoms with Crippen molar-refractivity contribution in [2.45, 2.75) is 25.3 Å². The summed E-state index contributed by atoms with van der Waals surface area (Å²) >= 11 is 0. The summed E-state index contributed by atoms with van der Waals surface area (Å²) in [6.07, 6.45) is 6.47. The number of hydrogen-bond donors (Lipinski definition) is 1. The van der Waals surface area contributed by atoms with E-state index in [2.05, 4.69) is 15.3 Å². The van der Waals surface area contributed by atoms with Gasteiger partial charge in [-0.15, -0.1) is 0 Å². The maximum Gasteiger partial charge on any atom is 0.164 e. The summed E-state index contributed by atoms with van der Waals surface area (Å²) < 4.78 is 18.5. The standard InChI is InChI=1S/C15H16FN3O/c16-11-3-1-5-13(7-11)20-14-9-18-15(19-10-14)8-12-4-2-6-17-12/h1,3,5,7,9-10,12,17H,2,4,6,8H2. The van der Waals surface area contributed by atoms with E-state index in [1.54, 1.807) is 24.5 Å². The highest BCUT2D eigenvalue weighted by atomic mass is 19.1. The Morgan fingerprint density at radius 1 is 1.25 bits per heavy atom. The summed E-state index contributed by atoms with van der Waals surface area (Å²) in [5.41, 5.74) is 0. The fourth-order valence-electron chi connectivity index (χ4n) is 2.32. The van der Waals surface area contributed by atoms with Crippen LogP contribution in [0.1, 0.15) is 18.7 Å². The molecule has 0 saturated carbocycles. The summed E-state index contributed by atoms with van der Waals surface area (Å²) in [7, 11) is 0. The zero-order valence-corrected chi connectivity index (χ0v) is 11.1. The Hall–Kier alpha value is -2.01. The molecule has 1 aliphatic rings. The lowest BCUT2D eigenvalue weighted by Crippen LogP contribution is -2.24. The molecule has 0 bridgehead atoms. The number of nitrogens with one attached hydrogen (secondary N) is 1. The Balaban J connectivity index is 1.63. The van der Waals surface area contributed by atoms with Crippen LogP contribution in [0.5, 0.6) is 11.5 Å². The minimum atomic E-state index is -0.327. The van der Waals surface area contributed by atoms with Gasteiger partial charge in [0, 0.05) is 18.5 Å². The van der Waals surface area contributed by atoms with Gasteiger partial charge in [-0.2, -0.15) is 0 Å². The Labute approximate surface area is 117 Å². The van der Waals surface area contributed by atoms with E-state index in [9.17, 15) is 4.39 Å². The number of hydrogen-bond acceptors (Lipinski definition) is 4. The van der Waals surface area contributed by atoms with E-state index in [1.165, 1.54) is 25.0 Å². The summed E-state index contributed by atoms with van der Waals surface area (Å²) in [5.74, 6) is 1.43. The Morgan fingerprint density at radius 2 is 2.10 bits per heavy atom. The number of halogens is 1. The first kappa shape index (κ1) is 13.0. The first-order valence-electron chi connectivity index (χ1n) is 6.77. The van der Waals surface area contributed by atoms with Gasteiger partial charge in [-0.25, -0.2) is 14.4 Å². The van der Waals surface area contributed by atoms with Gasteiger partial charge >= 0.3 is 0 Å². The molecule has 1 aromatic carbocycles. The highest BCUT2D eigenvalue weighted by Gasteiger charge is 2.15. The molecule has 2 heterocycles. The second-order valence-electron chi connectivity index (χ2n) is 4.89. The smallest absolute Gasteiger partial charge is 0.164 e. The molecular weight excluding hydrogens is 257 g/mol. The summed E-state index contributed by atoms with van der Waals surface area (Å²) in [4.78, 5) is 8.58. The molecule has 1 fully saturated rings. The van der Waals surface area contributed by atoms with Gasteiger partial charge in [0.25, 0.3) is 0 Å². The van der Waals surface area contributed by atoms with E-state index in [4.69, 9.17) is 4.74 Å². The molecule has 1 aromatic heterocycles. The first-order valence-corrected chi connectivity index (χ1v) is 6.77. The third-order valence-corrected chi connectivity index (χ3v) is 3.30.